The number of aliphatic hydroxyl groups is 1. The highest BCUT2D eigenvalue weighted by Gasteiger charge is 2.62. The van der Waals surface area contributed by atoms with Crippen molar-refractivity contribution in [3.63, 3.8) is 0 Å². The number of aliphatic hydroxyl groups excluding tert-OH is 1. The number of hydrogen-bond donors (Lipinski definition) is 1. The molecule has 184 valence electrons. The Labute approximate surface area is 197 Å². The highest BCUT2D eigenvalue weighted by atomic mass is 16.5. The van der Waals surface area contributed by atoms with Crippen LogP contribution in [0.1, 0.15) is 105 Å². The third-order valence-electron chi connectivity index (χ3n) is 11.4. The molecule has 0 bridgehead atoms. The number of rotatable bonds is 6. The van der Waals surface area contributed by atoms with Gasteiger partial charge in [-0.3, -0.25) is 4.79 Å². The second-order valence-corrected chi connectivity index (χ2v) is 13.3. The first-order valence-corrected chi connectivity index (χ1v) is 13.9. The summed E-state index contributed by atoms with van der Waals surface area (Å²) in [5.74, 6) is 4.75. The summed E-state index contributed by atoms with van der Waals surface area (Å²) in [6.07, 6.45) is 13.3. The number of esters is 1. The standard InChI is InChI=1S/C29H50O3/c1-18(2)8-7-9-19(3)21-12-13-22-20-10-11-24-26(27(31)32-6)25(30)15-17-29(24,5)23(20)14-16-28(21,22)4/h18-26,30H,7-17H2,1-6H3/t19-,20?,21-,22?,23?,24?,25+,26+,28-,29-/m1/s1. The summed E-state index contributed by atoms with van der Waals surface area (Å²) in [5, 5.41) is 10.7. The van der Waals surface area contributed by atoms with Crippen LogP contribution in [-0.4, -0.2) is 24.3 Å². The molecule has 3 nitrogen and oxygen atoms in total. The summed E-state index contributed by atoms with van der Waals surface area (Å²) in [7, 11) is 1.49. The lowest BCUT2D eigenvalue weighted by atomic mass is 9.43. The molecule has 4 saturated carbocycles. The van der Waals surface area contributed by atoms with E-state index in [9.17, 15) is 9.90 Å². The monoisotopic (exact) mass is 446 g/mol. The van der Waals surface area contributed by atoms with E-state index in [2.05, 4.69) is 34.6 Å². The molecule has 0 aromatic rings. The topological polar surface area (TPSA) is 46.5 Å². The van der Waals surface area contributed by atoms with Gasteiger partial charge in [0.1, 0.15) is 0 Å². The first kappa shape index (κ1) is 24.6. The van der Waals surface area contributed by atoms with Crippen molar-refractivity contribution in [2.75, 3.05) is 7.11 Å². The third-order valence-corrected chi connectivity index (χ3v) is 11.4. The summed E-state index contributed by atoms with van der Waals surface area (Å²) >= 11 is 0. The van der Waals surface area contributed by atoms with Crippen molar-refractivity contribution in [1.29, 1.82) is 0 Å². The molecule has 10 atom stereocenters. The van der Waals surface area contributed by atoms with Crippen LogP contribution in [0.4, 0.5) is 0 Å². The SMILES string of the molecule is COC(=O)[C@H]1C2CCC3C(CC[C@@]4(C)C3CC[C@@H]4[C@H](C)CCCC(C)C)[C@@]2(C)CC[C@@H]1O. The number of hydrogen-bond acceptors (Lipinski definition) is 3. The number of ether oxygens (including phenoxy) is 1. The molecule has 0 heterocycles. The minimum absolute atomic E-state index is 0.177. The minimum atomic E-state index is -0.520. The summed E-state index contributed by atoms with van der Waals surface area (Å²) in [6.45, 7) is 12.4. The van der Waals surface area contributed by atoms with Gasteiger partial charge >= 0.3 is 5.97 Å². The second kappa shape index (κ2) is 9.23. The molecule has 3 heteroatoms. The smallest absolute Gasteiger partial charge is 0.311 e. The van der Waals surface area contributed by atoms with E-state index in [0.717, 1.165) is 48.9 Å². The lowest BCUT2D eigenvalue weighted by molar-refractivity contribution is -0.179. The molecule has 32 heavy (non-hydrogen) atoms. The molecule has 4 rings (SSSR count). The fraction of sp³-hybridized carbons (Fsp3) is 0.966. The van der Waals surface area contributed by atoms with Crippen molar-refractivity contribution >= 4 is 5.97 Å². The Bertz CT molecular complexity index is 673. The van der Waals surface area contributed by atoms with Gasteiger partial charge in [0.05, 0.1) is 19.1 Å². The average Bonchev–Trinajstić information content (AvgIpc) is 3.10. The zero-order valence-corrected chi connectivity index (χ0v) is 21.7. The van der Waals surface area contributed by atoms with Gasteiger partial charge in [0.2, 0.25) is 0 Å². The number of methoxy groups -OCH3 is 1. The van der Waals surface area contributed by atoms with E-state index in [1.165, 1.54) is 58.5 Å². The van der Waals surface area contributed by atoms with Crippen molar-refractivity contribution in [3.8, 4) is 0 Å². The summed E-state index contributed by atoms with van der Waals surface area (Å²) in [5.41, 5.74) is 0.695. The van der Waals surface area contributed by atoms with Crippen LogP contribution in [0.15, 0.2) is 0 Å². The second-order valence-electron chi connectivity index (χ2n) is 13.3. The molecular weight excluding hydrogens is 396 g/mol. The highest BCUT2D eigenvalue weighted by Crippen LogP contribution is 2.69. The predicted molar refractivity (Wildman–Crippen MR) is 130 cm³/mol. The van der Waals surface area contributed by atoms with E-state index < -0.39 is 6.10 Å². The Morgan fingerprint density at radius 3 is 2.25 bits per heavy atom. The van der Waals surface area contributed by atoms with Crippen LogP contribution in [0.5, 0.6) is 0 Å². The maximum absolute atomic E-state index is 12.6. The van der Waals surface area contributed by atoms with E-state index in [1.54, 1.807) is 0 Å². The number of carbonyl (C=O) groups is 1. The fourth-order valence-electron chi connectivity index (χ4n) is 9.83. The zero-order chi connectivity index (χ0) is 23.3. The largest absolute Gasteiger partial charge is 0.469 e. The van der Waals surface area contributed by atoms with Crippen molar-refractivity contribution in [2.24, 2.45) is 58.2 Å². The van der Waals surface area contributed by atoms with Crippen LogP contribution >= 0.6 is 0 Å². The first-order chi connectivity index (χ1) is 15.1. The van der Waals surface area contributed by atoms with Crippen LogP contribution in [-0.2, 0) is 9.53 Å². The molecule has 0 saturated heterocycles. The van der Waals surface area contributed by atoms with Crippen molar-refractivity contribution in [3.05, 3.63) is 0 Å². The van der Waals surface area contributed by atoms with Crippen molar-refractivity contribution < 1.29 is 14.6 Å². The van der Waals surface area contributed by atoms with Gasteiger partial charge in [-0.05, 0) is 104 Å². The molecule has 0 aromatic carbocycles. The van der Waals surface area contributed by atoms with E-state index in [1.807, 2.05) is 0 Å². The maximum Gasteiger partial charge on any atom is 0.311 e. The zero-order valence-electron chi connectivity index (χ0n) is 21.7. The van der Waals surface area contributed by atoms with Gasteiger partial charge in [0, 0.05) is 0 Å². The molecule has 0 amide bonds. The van der Waals surface area contributed by atoms with Crippen LogP contribution in [0.25, 0.3) is 0 Å². The molecule has 0 aromatic heterocycles. The summed E-state index contributed by atoms with van der Waals surface area (Å²) < 4.78 is 5.16. The molecule has 4 unspecified atom stereocenters. The van der Waals surface area contributed by atoms with Gasteiger partial charge in [0.15, 0.2) is 0 Å². The van der Waals surface area contributed by atoms with E-state index in [-0.39, 0.29) is 23.2 Å². The Balaban J connectivity index is 1.50. The average molecular weight is 447 g/mol. The minimum Gasteiger partial charge on any atom is -0.469 e. The van der Waals surface area contributed by atoms with E-state index in [4.69, 9.17) is 4.74 Å². The molecule has 4 fully saturated rings. The van der Waals surface area contributed by atoms with Gasteiger partial charge in [-0.2, -0.15) is 0 Å². The van der Waals surface area contributed by atoms with Crippen LogP contribution in [0.2, 0.25) is 0 Å². The summed E-state index contributed by atoms with van der Waals surface area (Å²) in [6, 6.07) is 0. The van der Waals surface area contributed by atoms with E-state index >= 15 is 0 Å². The number of fused-ring (bicyclic) bond motifs is 5. The third kappa shape index (κ3) is 3.97. The molecule has 0 spiro atoms. The predicted octanol–water partition coefficient (Wildman–Crippen LogP) is 6.87. The van der Waals surface area contributed by atoms with Crippen LogP contribution < -0.4 is 0 Å². The molecule has 4 aliphatic carbocycles. The Morgan fingerprint density at radius 1 is 0.906 bits per heavy atom. The molecule has 4 aliphatic rings. The van der Waals surface area contributed by atoms with Gasteiger partial charge in [-0.25, -0.2) is 0 Å². The van der Waals surface area contributed by atoms with Gasteiger partial charge < -0.3 is 9.84 Å². The fourth-order valence-corrected chi connectivity index (χ4v) is 9.83. The normalized spacial score (nSPS) is 46.8. The van der Waals surface area contributed by atoms with E-state index in [0.29, 0.717) is 11.3 Å². The number of carbonyl (C=O) groups excluding carboxylic acids is 1. The van der Waals surface area contributed by atoms with Crippen LogP contribution in [0.3, 0.4) is 0 Å². The first-order valence-electron chi connectivity index (χ1n) is 13.9. The Kier molecular flexibility index (Phi) is 7.08. The molecule has 0 radical (unpaired) electrons. The lowest BCUT2D eigenvalue weighted by Gasteiger charge is -2.62. The van der Waals surface area contributed by atoms with Gasteiger partial charge in [0.25, 0.3) is 0 Å². The lowest BCUT2D eigenvalue weighted by Crippen LogP contribution is -2.58. The van der Waals surface area contributed by atoms with Gasteiger partial charge in [-0.1, -0.05) is 53.9 Å². The van der Waals surface area contributed by atoms with Crippen molar-refractivity contribution in [2.45, 2.75) is 111 Å². The summed E-state index contributed by atoms with van der Waals surface area (Å²) in [4.78, 5) is 12.6. The van der Waals surface area contributed by atoms with Crippen molar-refractivity contribution in [1.82, 2.24) is 0 Å². The quantitative estimate of drug-likeness (QED) is 0.453. The van der Waals surface area contributed by atoms with Gasteiger partial charge in [-0.15, -0.1) is 0 Å². The molecule has 0 aliphatic heterocycles. The Morgan fingerprint density at radius 2 is 1.56 bits per heavy atom. The molecular formula is C29H50O3. The Hall–Kier alpha value is -0.570. The maximum atomic E-state index is 12.6. The highest BCUT2D eigenvalue weighted by molar-refractivity contribution is 5.73. The van der Waals surface area contributed by atoms with Crippen LogP contribution in [0, 0.1) is 58.2 Å². The molecule has 1 N–H and O–H groups in total.